The van der Waals surface area contributed by atoms with E-state index in [1.54, 1.807) is 4.90 Å². The molecule has 0 aromatic rings. The molecule has 1 heterocycles. The molecule has 0 aliphatic carbocycles. The topological polar surface area (TPSA) is 29.5 Å². The van der Waals surface area contributed by atoms with Crippen LogP contribution in [0.25, 0.3) is 0 Å². The number of likely N-dealkylation sites (tertiary alicyclic amines) is 1. The predicted molar refractivity (Wildman–Crippen MR) is 61.1 cm³/mol. The molecule has 1 amide bonds. The van der Waals surface area contributed by atoms with E-state index in [0.29, 0.717) is 19.5 Å². The molecule has 0 bridgehead atoms. The van der Waals surface area contributed by atoms with E-state index in [-0.39, 0.29) is 12.0 Å². The quantitative estimate of drug-likeness (QED) is 0.694. The molecule has 0 N–H and O–H groups in total. The molecule has 0 saturated carbocycles. The summed E-state index contributed by atoms with van der Waals surface area (Å²) >= 11 is 0. The van der Waals surface area contributed by atoms with Crippen molar-refractivity contribution in [3.63, 3.8) is 0 Å². The Morgan fingerprint density at radius 2 is 2.12 bits per heavy atom. The van der Waals surface area contributed by atoms with Crippen molar-refractivity contribution in [3.05, 3.63) is 0 Å². The van der Waals surface area contributed by atoms with E-state index in [0.717, 1.165) is 6.42 Å². The second-order valence-corrected chi connectivity index (χ2v) is 5.40. The second kappa shape index (κ2) is 5.02. The summed E-state index contributed by atoms with van der Waals surface area (Å²) in [5.41, 5.74) is -0.481. The van der Waals surface area contributed by atoms with Gasteiger partial charge in [0.05, 0.1) is 0 Å². The maximum Gasteiger partial charge on any atom is 0.410 e. The summed E-state index contributed by atoms with van der Waals surface area (Å²) in [6, 6.07) is 0. The second-order valence-electron chi connectivity index (χ2n) is 5.40. The van der Waals surface area contributed by atoms with E-state index in [1.165, 1.54) is 0 Å². The summed E-state index contributed by atoms with van der Waals surface area (Å²) < 4.78 is 18.7. The van der Waals surface area contributed by atoms with E-state index in [2.05, 4.69) is 0 Å². The number of halogens is 1. The summed E-state index contributed by atoms with van der Waals surface area (Å²) in [6.45, 7) is 8.41. The van der Waals surface area contributed by atoms with Crippen molar-refractivity contribution in [1.82, 2.24) is 4.90 Å². The highest BCUT2D eigenvalue weighted by Crippen LogP contribution is 2.24. The Labute approximate surface area is 96.9 Å². The smallest absolute Gasteiger partial charge is 0.410 e. The fourth-order valence-electron chi connectivity index (χ4n) is 1.88. The first-order valence-electron chi connectivity index (χ1n) is 5.95. The monoisotopic (exact) mass is 231 g/mol. The van der Waals surface area contributed by atoms with Crippen molar-refractivity contribution < 1.29 is 13.9 Å². The Balaban J connectivity index is 2.52. The van der Waals surface area contributed by atoms with Crippen LogP contribution in [0.5, 0.6) is 0 Å². The lowest BCUT2D eigenvalue weighted by Crippen LogP contribution is -2.46. The predicted octanol–water partition coefficient (Wildman–Crippen LogP) is 2.99. The third kappa shape index (κ3) is 3.65. The largest absolute Gasteiger partial charge is 0.444 e. The van der Waals surface area contributed by atoms with Gasteiger partial charge in [0.1, 0.15) is 11.8 Å². The Hall–Kier alpha value is -0.800. The van der Waals surface area contributed by atoms with Gasteiger partial charge in [0.2, 0.25) is 0 Å². The first-order valence-corrected chi connectivity index (χ1v) is 5.95. The van der Waals surface area contributed by atoms with Gasteiger partial charge in [-0.25, -0.2) is 9.18 Å². The molecule has 0 radical (unpaired) electrons. The van der Waals surface area contributed by atoms with Crippen LogP contribution in [0.3, 0.4) is 0 Å². The molecule has 2 atom stereocenters. The van der Waals surface area contributed by atoms with Crippen LogP contribution in [-0.2, 0) is 4.74 Å². The highest BCUT2D eigenvalue weighted by Gasteiger charge is 2.32. The number of hydrogen-bond acceptors (Lipinski definition) is 2. The molecule has 4 heteroatoms. The molecular formula is C12H22FNO2. The molecule has 1 saturated heterocycles. The van der Waals surface area contributed by atoms with Crippen molar-refractivity contribution in [1.29, 1.82) is 0 Å². The summed E-state index contributed by atoms with van der Waals surface area (Å²) in [6.07, 6.45) is 0.0969. The minimum atomic E-state index is -0.774. The van der Waals surface area contributed by atoms with Crippen molar-refractivity contribution in [2.24, 2.45) is 5.92 Å². The van der Waals surface area contributed by atoms with Gasteiger partial charge in [-0.2, -0.15) is 0 Å². The third-order valence-corrected chi connectivity index (χ3v) is 2.82. The van der Waals surface area contributed by atoms with Crippen LogP contribution in [0.4, 0.5) is 9.18 Å². The van der Waals surface area contributed by atoms with Crippen molar-refractivity contribution in [3.8, 4) is 0 Å². The number of alkyl halides is 1. The van der Waals surface area contributed by atoms with Gasteiger partial charge in [-0.15, -0.1) is 0 Å². The summed E-state index contributed by atoms with van der Waals surface area (Å²) in [5.74, 6) is -0.0405. The number of rotatable bonds is 1. The normalized spacial score (nSPS) is 26.7. The Kier molecular flexibility index (Phi) is 4.16. The minimum Gasteiger partial charge on any atom is -0.444 e. The zero-order valence-electron chi connectivity index (χ0n) is 10.6. The molecule has 94 valence electrons. The minimum absolute atomic E-state index is 0.0405. The first-order chi connectivity index (χ1) is 7.33. The zero-order chi connectivity index (χ0) is 12.3. The molecule has 1 aliphatic rings. The van der Waals surface area contributed by atoms with Crippen molar-refractivity contribution in [2.75, 3.05) is 13.1 Å². The number of ether oxygens (including phenoxy) is 1. The Morgan fingerprint density at radius 1 is 1.50 bits per heavy atom. The van der Waals surface area contributed by atoms with Gasteiger partial charge < -0.3 is 9.64 Å². The average molecular weight is 231 g/mol. The fraction of sp³-hybridized carbons (Fsp3) is 0.917. The van der Waals surface area contributed by atoms with Gasteiger partial charge in [-0.3, -0.25) is 0 Å². The van der Waals surface area contributed by atoms with Gasteiger partial charge >= 0.3 is 6.09 Å². The van der Waals surface area contributed by atoms with Crippen molar-refractivity contribution >= 4 is 6.09 Å². The Bertz CT molecular complexity index is 250. The number of piperidine rings is 1. The standard InChI is InChI=1S/C12H22FNO2/c1-5-9-8-14(7-6-10(9)13)11(15)16-12(2,3)4/h9-10H,5-8H2,1-4H3. The molecule has 16 heavy (non-hydrogen) atoms. The number of amides is 1. The first kappa shape index (κ1) is 13.3. The van der Waals surface area contributed by atoms with E-state index in [9.17, 15) is 9.18 Å². The van der Waals surface area contributed by atoms with Crippen LogP contribution in [0, 0.1) is 5.92 Å². The van der Waals surface area contributed by atoms with Gasteiger partial charge in [0, 0.05) is 19.0 Å². The molecule has 1 aliphatic heterocycles. The van der Waals surface area contributed by atoms with Crippen LogP contribution in [-0.4, -0.2) is 35.9 Å². The van der Waals surface area contributed by atoms with Gasteiger partial charge in [-0.05, 0) is 33.6 Å². The number of carbonyl (C=O) groups is 1. The Morgan fingerprint density at radius 3 is 2.62 bits per heavy atom. The number of nitrogens with zero attached hydrogens (tertiary/aromatic N) is 1. The number of hydrogen-bond donors (Lipinski definition) is 0. The highest BCUT2D eigenvalue weighted by atomic mass is 19.1. The SMILES string of the molecule is CCC1CN(C(=O)OC(C)(C)C)CCC1F. The molecule has 0 spiro atoms. The molecule has 0 aromatic heterocycles. The lowest BCUT2D eigenvalue weighted by atomic mass is 9.94. The summed E-state index contributed by atoms with van der Waals surface area (Å²) in [5, 5.41) is 0. The van der Waals surface area contributed by atoms with E-state index in [4.69, 9.17) is 4.74 Å². The summed E-state index contributed by atoms with van der Waals surface area (Å²) in [4.78, 5) is 13.4. The van der Waals surface area contributed by atoms with Crippen LogP contribution in [0.15, 0.2) is 0 Å². The van der Waals surface area contributed by atoms with E-state index < -0.39 is 11.8 Å². The molecule has 0 aromatic carbocycles. The maximum atomic E-state index is 13.4. The van der Waals surface area contributed by atoms with Gasteiger partial charge in [-0.1, -0.05) is 6.92 Å². The molecule has 1 rings (SSSR count). The van der Waals surface area contributed by atoms with Gasteiger partial charge in [0.25, 0.3) is 0 Å². The van der Waals surface area contributed by atoms with Gasteiger partial charge in [0.15, 0.2) is 0 Å². The average Bonchev–Trinajstić information content (AvgIpc) is 2.15. The summed E-state index contributed by atoms with van der Waals surface area (Å²) in [7, 11) is 0. The third-order valence-electron chi connectivity index (χ3n) is 2.82. The van der Waals surface area contributed by atoms with E-state index in [1.807, 2.05) is 27.7 Å². The van der Waals surface area contributed by atoms with Crippen LogP contribution in [0.2, 0.25) is 0 Å². The molecule has 2 unspecified atom stereocenters. The zero-order valence-corrected chi connectivity index (χ0v) is 10.6. The lowest BCUT2D eigenvalue weighted by Gasteiger charge is -2.35. The molecule has 1 fully saturated rings. The lowest BCUT2D eigenvalue weighted by molar-refractivity contribution is 0.00634. The highest BCUT2D eigenvalue weighted by molar-refractivity contribution is 5.68. The molecule has 3 nitrogen and oxygen atoms in total. The van der Waals surface area contributed by atoms with Crippen LogP contribution in [0.1, 0.15) is 40.5 Å². The van der Waals surface area contributed by atoms with Crippen LogP contribution >= 0.6 is 0 Å². The molecular weight excluding hydrogens is 209 g/mol. The van der Waals surface area contributed by atoms with E-state index >= 15 is 0 Å². The fourth-order valence-corrected chi connectivity index (χ4v) is 1.88. The maximum absolute atomic E-state index is 13.4. The number of carbonyl (C=O) groups excluding carboxylic acids is 1. The van der Waals surface area contributed by atoms with Crippen LogP contribution < -0.4 is 0 Å². The van der Waals surface area contributed by atoms with Crippen molar-refractivity contribution in [2.45, 2.75) is 52.3 Å².